The molecule has 1 amide bonds. The fraction of sp³-hybridized carbons (Fsp3) is 0.100. The van der Waals surface area contributed by atoms with Crippen molar-refractivity contribution in [3.8, 4) is 0 Å². The first-order valence-electron chi connectivity index (χ1n) is 4.72. The minimum Gasteiger partial charge on any atom is -0.317 e. The van der Waals surface area contributed by atoms with E-state index in [-0.39, 0.29) is 11.5 Å². The molecular weight excluding hydrogens is 230 g/mol. The van der Waals surface area contributed by atoms with Crippen LogP contribution < -0.4 is 5.32 Å². The third-order valence-electron chi connectivity index (χ3n) is 2.00. The second-order valence-corrected chi connectivity index (χ2v) is 3.30. The summed E-state index contributed by atoms with van der Waals surface area (Å²) in [6.45, 7) is 1.62. The number of hydrogen-bond acceptors (Lipinski definition) is 3. The minimum absolute atomic E-state index is 0.133. The molecule has 0 fully saturated rings. The number of hydrogen-bond donors (Lipinski definition) is 2. The molecule has 1 aromatic heterocycles. The van der Waals surface area contributed by atoms with Crippen LogP contribution in [0.15, 0.2) is 18.2 Å². The van der Waals surface area contributed by atoms with Crippen molar-refractivity contribution in [2.24, 2.45) is 0 Å². The zero-order valence-corrected chi connectivity index (χ0v) is 8.79. The van der Waals surface area contributed by atoms with Crippen LogP contribution in [0.1, 0.15) is 16.4 Å². The highest BCUT2D eigenvalue weighted by Crippen LogP contribution is 2.16. The van der Waals surface area contributed by atoms with Gasteiger partial charge in [-0.15, -0.1) is 5.10 Å². The smallest absolute Gasteiger partial charge is 0.295 e. The lowest BCUT2D eigenvalue weighted by atomic mass is 10.3. The molecular formula is C10H8F2N4O. The van der Waals surface area contributed by atoms with Gasteiger partial charge in [0.1, 0.15) is 5.82 Å². The van der Waals surface area contributed by atoms with E-state index >= 15 is 0 Å². The molecule has 0 unspecified atom stereocenters. The Morgan fingerprint density at radius 2 is 2.18 bits per heavy atom. The molecule has 0 spiro atoms. The number of amides is 1. The number of aromatic amines is 1. The molecule has 0 aliphatic heterocycles. The van der Waals surface area contributed by atoms with Crippen LogP contribution in [0.3, 0.4) is 0 Å². The summed E-state index contributed by atoms with van der Waals surface area (Å²) in [6, 6.07) is 3.50. The number of anilines is 1. The number of halogens is 2. The molecule has 7 heteroatoms. The van der Waals surface area contributed by atoms with E-state index in [0.29, 0.717) is 5.82 Å². The average molecular weight is 238 g/mol. The summed E-state index contributed by atoms with van der Waals surface area (Å²) in [5.74, 6) is -2.54. The number of aromatic nitrogens is 3. The van der Waals surface area contributed by atoms with Crippen molar-refractivity contribution in [3.63, 3.8) is 0 Å². The van der Waals surface area contributed by atoms with Gasteiger partial charge < -0.3 is 5.32 Å². The largest absolute Gasteiger partial charge is 0.317 e. The molecule has 17 heavy (non-hydrogen) atoms. The maximum Gasteiger partial charge on any atom is 0.295 e. The molecule has 0 saturated carbocycles. The van der Waals surface area contributed by atoms with Gasteiger partial charge in [-0.3, -0.25) is 9.89 Å². The molecule has 2 N–H and O–H groups in total. The van der Waals surface area contributed by atoms with Gasteiger partial charge in [0.2, 0.25) is 5.82 Å². The Kier molecular flexibility index (Phi) is 2.82. The zero-order valence-electron chi connectivity index (χ0n) is 8.79. The van der Waals surface area contributed by atoms with Crippen LogP contribution in [-0.4, -0.2) is 21.1 Å². The van der Waals surface area contributed by atoms with Crippen LogP contribution in [0, 0.1) is 18.6 Å². The third kappa shape index (κ3) is 2.27. The van der Waals surface area contributed by atoms with Crippen molar-refractivity contribution in [1.82, 2.24) is 15.2 Å². The lowest BCUT2D eigenvalue weighted by Crippen LogP contribution is -2.15. The molecule has 0 radical (unpaired) electrons. The summed E-state index contributed by atoms with van der Waals surface area (Å²) < 4.78 is 26.1. The van der Waals surface area contributed by atoms with E-state index in [4.69, 9.17) is 0 Å². The Hall–Kier alpha value is -2.31. The van der Waals surface area contributed by atoms with E-state index < -0.39 is 17.5 Å². The van der Waals surface area contributed by atoms with E-state index in [0.717, 1.165) is 6.07 Å². The molecule has 5 nitrogen and oxygen atoms in total. The molecule has 88 valence electrons. The van der Waals surface area contributed by atoms with Crippen LogP contribution in [0.4, 0.5) is 14.5 Å². The highest BCUT2D eigenvalue weighted by atomic mass is 19.2. The Balaban J connectivity index is 2.21. The van der Waals surface area contributed by atoms with E-state index in [9.17, 15) is 13.6 Å². The third-order valence-corrected chi connectivity index (χ3v) is 2.00. The van der Waals surface area contributed by atoms with Crippen LogP contribution in [0.2, 0.25) is 0 Å². The number of H-pyrrole nitrogens is 1. The Morgan fingerprint density at radius 3 is 2.82 bits per heavy atom. The topological polar surface area (TPSA) is 70.7 Å². The van der Waals surface area contributed by atoms with Crippen LogP contribution in [0.5, 0.6) is 0 Å². The molecule has 2 aromatic rings. The number of rotatable bonds is 2. The van der Waals surface area contributed by atoms with Crippen molar-refractivity contribution in [2.45, 2.75) is 6.92 Å². The molecule has 0 saturated heterocycles. The van der Waals surface area contributed by atoms with Crippen LogP contribution >= 0.6 is 0 Å². The first-order valence-corrected chi connectivity index (χ1v) is 4.72. The first kappa shape index (κ1) is 11.2. The zero-order chi connectivity index (χ0) is 12.4. The number of nitrogens with zero attached hydrogens (tertiary/aromatic N) is 2. The minimum atomic E-state index is -1.12. The lowest BCUT2D eigenvalue weighted by molar-refractivity contribution is 0.101. The van der Waals surface area contributed by atoms with Crippen molar-refractivity contribution in [3.05, 3.63) is 41.5 Å². The summed E-state index contributed by atoms with van der Waals surface area (Å²) in [5, 5.41) is 8.25. The molecule has 1 heterocycles. The second-order valence-electron chi connectivity index (χ2n) is 3.30. The van der Waals surface area contributed by atoms with Gasteiger partial charge in [-0.05, 0) is 19.1 Å². The molecule has 1 aromatic carbocycles. The predicted molar refractivity (Wildman–Crippen MR) is 55.4 cm³/mol. The lowest BCUT2D eigenvalue weighted by Gasteiger charge is -2.03. The number of benzene rings is 1. The van der Waals surface area contributed by atoms with E-state index in [1.165, 1.54) is 12.1 Å². The van der Waals surface area contributed by atoms with Crippen LogP contribution in [-0.2, 0) is 0 Å². The van der Waals surface area contributed by atoms with Crippen molar-refractivity contribution in [2.75, 3.05) is 5.32 Å². The fourth-order valence-corrected chi connectivity index (χ4v) is 1.22. The summed E-state index contributed by atoms with van der Waals surface area (Å²) in [7, 11) is 0. The van der Waals surface area contributed by atoms with Crippen LogP contribution in [0.25, 0.3) is 0 Å². The Morgan fingerprint density at radius 1 is 1.41 bits per heavy atom. The maximum absolute atomic E-state index is 13.2. The van der Waals surface area contributed by atoms with Gasteiger partial charge in [-0.2, -0.15) is 0 Å². The molecule has 0 atom stereocenters. The molecule has 0 bridgehead atoms. The average Bonchev–Trinajstić information content (AvgIpc) is 2.72. The van der Waals surface area contributed by atoms with E-state index in [2.05, 4.69) is 20.5 Å². The van der Waals surface area contributed by atoms with Gasteiger partial charge in [-0.1, -0.05) is 6.07 Å². The van der Waals surface area contributed by atoms with Gasteiger partial charge in [0.25, 0.3) is 5.91 Å². The molecule has 0 aliphatic rings. The van der Waals surface area contributed by atoms with E-state index in [1.54, 1.807) is 6.92 Å². The summed E-state index contributed by atoms with van der Waals surface area (Å²) >= 11 is 0. The van der Waals surface area contributed by atoms with Crippen molar-refractivity contribution >= 4 is 11.6 Å². The van der Waals surface area contributed by atoms with Gasteiger partial charge in [-0.25, -0.2) is 13.8 Å². The standard InChI is InChI=1S/C10H8F2N4O/c1-5-13-9(16-15-5)10(17)14-7-4-2-3-6(11)8(7)12/h2-4H,1H3,(H,14,17)(H,13,15,16). The normalized spacial score (nSPS) is 10.3. The number of carbonyl (C=O) groups is 1. The van der Waals surface area contributed by atoms with Crippen molar-refractivity contribution < 1.29 is 13.6 Å². The highest BCUT2D eigenvalue weighted by molar-refractivity contribution is 6.01. The maximum atomic E-state index is 13.2. The molecule has 0 aliphatic carbocycles. The second kappa shape index (κ2) is 4.28. The fourth-order valence-electron chi connectivity index (χ4n) is 1.22. The number of carbonyl (C=O) groups excluding carboxylic acids is 1. The highest BCUT2D eigenvalue weighted by Gasteiger charge is 2.15. The quantitative estimate of drug-likeness (QED) is 0.835. The van der Waals surface area contributed by atoms with Gasteiger partial charge in [0.05, 0.1) is 5.69 Å². The summed E-state index contributed by atoms with van der Waals surface area (Å²) in [5.41, 5.74) is -0.252. The first-order chi connectivity index (χ1) is 8.08. The number of aryl methyl sites for hydroxylation is 1. The SMILES string of the molecule is Cc1nc(C(=O)Nc2cccc(F)c2F)n[nH]1. The molecule has 2 rings (SSSR count). The predicted octanol–water partition coefficient (Wildman–Crippen LogP) is 1.64. The monoisotopic (exact) mass is 238 g/mol. The number of nitrogens with one attached hydrogen (secondary N) is 2. The Labute approximate surface area is 94.9 Å². The Bertz CT molecular complexity index is 567. The van der Waals surface area contributed by atoms with Gasteiger partial charge >= 0.3 is 0 Å². The van der Waals surface area contributed by atoms with Gasteiger partial charge in [0.15, 0.2) is 11.6 Å². The van der Waals surface area contributed by atoms with E-state index in [1.807, 2.05) is 0 Å². The summed E-state index contributed by atoms with van der Waals surface area (Å²) in [6.07, 6.45) is 0. The summed E-state index contributed by atoms with van der Waals surface area (Å²) in [4.78, 5) is 15.3. The van der Waals surface area contributed by atoms with Crippen molar-refractivity contribution in [1.29, 1.82) is 0 Å². The van der Waals surface area contributed by atoms with Gasteiger partial charge in [0, 0.05) is 0 Å².